The third-order valence-corrected chi connectivity index (χ3v) is 2.91. The van der Waals surface area contributed by atoms with E-state index in [2.05, 4.69) is 10.6 Å². The van der Waals surface area contributed by atoms with Crippen LogP contribution in [0, 0.1) is 11.3 Å². The number of imide groups is 1. The van der Waals surface area contributed by atoms with Crippen LogP contribution in [0.15, 0.2) is 18.2 Å². The van der Waals surface area contributed by atoms with Gasteiger partial charge >= 0.3 is 0 Å². The van der Waals surface area contributed by atoms with Crippen molar-refractivity contribution in [3.05, 3.63) is 28.8 Å². The predicted octanol–water partition coefficient (Wildman–Crippen LogP) is 1.43. The lowest BCUT2D eigenvalue weighted by atomic mass is 10.0. The van der Waals surface area contributed by atoms with Gasteiger partial charge in [-0.15, -0.1) is 0 Å². The minimum atomic E-state index is -0.504. The summed E-state index contributed by atoms with van der Waals surface area (Å²) >= 11 is 5.78. The zero-order valence-corrected chi connectivity index (χ0v) is 10.1. The van der Waals surface area contributed by atoms with Crippen molar-refractivity contribution in [2.24, 2.45) is 0 Å². The molecule has 0 bridgehead atoms. The maximum Gasteiger partial charge on any atom is 0.249 e. The van der Waals surface area contributed by atoms with Crippen molar-refractivity contribution in [1.29, 1.82) is 5.26 Å². The normalized spacial score (nSPS) is 19.0. The molecule has 2 amide bonds. The smallest absolute Gasteiger partial charge is 0.249 e. The van der Waals surface area contributed by atoms with Crippen molar-refractivity contribution in [1.82, 2.24) is 5.32 Å². The molecular formula is C12H10ClN3O2. The van der Waals surface area contributed by atoms with Crippen LogP contribution < -0.4 is 10.6 Å². The number of nitrogens with one attached hydrogen (secondary N) is 2. The molecule has 1 fully saturated rings. The van der Waals surface area contributed by atoms with Crippen LogP contribution in [0.1, 0.15) is 18.4 Å². The summed E-state index contributed by atoms with van der Waals surface area (Å²) in [6.45, 7) is 0. The van der Waals surface area contributed by atoms with Gasteiger partial charge in [0.2, 0.25) is 11.8 Å². The molecule has 0 aliphatic carbocycles. The molecule has 1 aliphatic heterocycles. The van der Waals surface area contributed by atoms with Gasteiger partial charge in [-0.25, -0.2) is 0 Å². The molecule has 0 radical (unpaired) electrons. The first-order valence-corrected chi connectivity index (χ1v) is 5.78. The van der Waals surface area contributed by atoms with Crippen LogP contribution in [0.2, 0.25) is 5.02 Å². The molecule has 18 heavy (non-hydrogen) atoms. The standard InChI is InChI=1S/C12H10ClN3O2/c13-8-1-2-9(7(5-8)6-14)15-10-3-4-11(17)16-12(10)18/h1-2,5,10,15H,3-4H2,(H,16,17,18). The molecule has 1 aromatic rings. The van der Waals surface area contributed by atoms with Gasteiger partial charge in [-0.05, 0) is 24.6 Å². The van der Waals surface area contributed by atoms with E-state index in [0.717, 1.165) is 0 Å². The van der Waals surface area contributed by atoms with Crippen molar-refractivity contribution in [2.45, 2.75) is 18.9 Å². The Hall–Kier alpha value is -2.06. The molecule has 92 valence electrons. The molecular weight excluding hydrogens is 254 g/mol. The fourth-order valence-corrected chi connectivity index (χ4v) is 1.93. The van der Waals surface area contributed by atoms with Gasteiger partial charge in [0.05, 0.1) is 11.3 Å². The maximum absolute atomic E-state index is 11.6. The molecule has 5 nitrogen and oxygen atoms in total. The van der Waals surface area contributed by atoms with Gasteiger partial charge in [0.15, 0.2) is 0 Å². The van der Waals surface area contributed by atoms with Crippen LogP contribution >= 0.6 is 11.6 Å². The van der Waals surface area contributed by atoms with Crippen molar-refractivity contribution >= 4 is 29.1 Å². The highest BCUT2D eigenvalue weighted by molar-refractivity contribution is 6.30. The molecule has 1 aliphatic rings. The van der Waals surface area contributed by atoms with Crippen LogP contribution in [-0.4, -0.2) is 17.9 Å². The quantitative estimate of drug-likeness (QED) is 0.791. The number of nitriles is 1. The minimum Gasteiger partial charge on any atom is -0.373 e. The molecule has 1 aromatic carbocycles. The lowest BCUT2D eigenvalue weighted by Gasteiger charge is -2.23. The van der Waals surface area contributed by atoms with Crippen LogP contribution in [0.25, 0.3) is 0 Å². The van der Waals surface area contributed by atoms with Crippen molar-refractivity contribution in [2.75, 3.05) is 5.32 Å². The first-order valence-electron chi connectivity index (χ1n) is 5.40. The number of rotatable bonds is 2. The number of benzene rings is 1. The average molecular weight is 264 g/mol. The van der Waals surface area contributed by atoms with E-state index < -0.39 is 6.04 Å². The van der Waals surface area contributed by atoms with E-state index >= 15 is 0 Å². The molecule has 0 aromatic heterocycles. The monoisotopic (exact) mass is 263 g/mol. The number of carbonyl (C=O) groups excluding carboxylic acids is 2. The highest BCUT2D eigenvalue weighted by Crippen LogP contribution is 2.22. The summed E-state index contributed by atoms with van der Waals surface area (Å²) in [7, 11) is 0. The van der Waals surface area contributed by atoms with E-state index in [4.69, 9.17) is 16.9 Å². The van der Waals surface area contributed by atoms with Crippen molar-refractivity contribution < 1.29 is 9.59 Å². The summed E-state index contributed by atoms with van der Waals surface area (Å²) in [5, 5.41) is 14.6. The third-order valence-electron chi connectivity index (χ3n) is 2.67. The average Bonchev–Trinajstić information content (AvgIpc) is 2.34. The summed E-state index contributed by atoms with van der Waals surface area (Å²) in [4.78, 5) is 22.6. The SMILES string of the molecule is N#Cc1cc(Cl)ccc1NC1CCC(=O)NC1=O. The lowest BCUT2D eigenvalue weighted by Crippen LogP contribution is -2.47. The Bertz CT molecular complexity index is 551. The van der Waals surface area contributed by atoms with E-state index in [1.165, 1.54) is 6.07 Å². The van der Waals surface area contributed by atoms with E-state index in [1.807, 2.05) is 6.07 Å². The molecule has 1 saturated heterocycles. The van der Waals surface area contributed by atoms with E-state index in [0.29, 0.717) is 29.1 Å². The highest BCUT2D eigenvalue weighted by Gasteiger charge is 2.26. The van der Waals surface area contributed by atoms with Gasteiger partial charge in [-0.2, -0.15) is 5.26 Å². The number of halogens is 1. The van der Waals surface area contributed by atoms with Gasteiger partial charge in [0.1, 0.15) is 12.1 Å². The number of piperidine rings is 1. The molecule has 1 heterocycles. The number of nitrogens with zero attached hydrogens (tertiary/aromatic N) is 1. The number of hydrogen-bond donors (Lipinski definition) is 2. The van der Waals surface area contributed by atoms with Crippen LogP contribution in [0.4, 0.5) is 5.69 Å². The Labute approximate surface area is 109 Å². The van der Waals surface area contributed by atoms with Gasteiger partial charge < -0.3 is 5.32 Å². The highest BCUT2D eigenvalue weighted by atomic mass is 35.5. The molecule has 0 spiro atoms. The lowest BCUT2D eigenvalue weighted by molar-refractivity contribution is -0.133. The Morgan fingerprint density at radius 2 is 2.22 bits per heavy atom. The predicted molar refractivity (Wildman–Crippen MR) is 66.0 cm³/mol. The summed E-state index contributed by atoms with van der Waals surface area (Å²) in [6.07, 6.45) is 0.705. The number of amides is 2. The van der Waals surface area contributed by atoms with Gasteiger partial charge in [-0.1, -0.05) is 11.6 Å². The molecule has 6 heteroatoms. The molecule has 0 saturated carbocycles. The minimum absolute atomic E-state index is 0.269. The third kappa shape index (κ3) is 2.60. The summed E-state index contributed by atoms with van der Waals surface area (Å²) in [6, 6.07) is 6.30. The first-order chi connectivity index (χ1) is 8.60. The van der Waals surface area contributed by atoms with Crippen LogP contribution in [0.5, 0.6) is 0 Å². The number of carbonyl (C=O) groups is 2. The molecule has 2 rings (SSSR count). The number of hydrogen-bond acceptors (Lipinski definition) is 4. The Balaban J connectivity index is 2.17. The van der Waals surface area contributed by atoms with Gasteiger partial charge in [0, 0.05) is 11.4 Å². The van der Waals surface area contributed by atoms with E-state index in [9.17, 15) is 9.59 Å². The zero-order chi connectivity index (χ0) is 13.1. The largest absolute Gasteiger partial charge is 0.373 e. The second kappa shape index (κ2) is 5.07. The topological polar surface area (TPSA) is 82.0 Å². The van der Waals surface area contributed by atoms with Crippen LogP contribution in [-0.2, 0) is 9.59 Å². The first kappa shape index (κ1) is 12.4. The van der Waals surface area contributed by atoms with E-state index in [1.54, 1.807) is 12.1 Å². The summed E-state index contributed by atoms with van der Waals surface area (Å²) < 4.78 is 0. The fraction of sp³-hybridized carbons (Fsp3) is 0.250. The van der Waals surface area contributed by atoms with Crippen molar-refractivity contribution in [3.8, 4) is 6.07 Å². The van der Waals surface area contributed by atoms with E-state index in [-0.39, 0.29) is 11.8 Å². The Kier molecular flexibility index (Phi) is 3.49. The van der Waals surface area contributed by atoms with Crippen LogP contribution in [0.3, 0.4) is 0 Å². The second-order valence-electron chi connectivity index (χ2n) is 3.95. The Morgan fingerprint density at radius 1 is 1.44 bits per heavy atom. The maximum atomic E-state index is 11.6. The fourth-order valence-electron chi connectivity index (χ4n) is 1.75. The summed E-state index contributed by atoms with van der Waals surface area (Å²) in [5.74, 6) is -0.639. The summed E-state index contributed by atoms with van der Waals surface area (Å²) in [5.41, 5.74) is 0.906. The van der Waals surface area contributed by atoms with Gasteiger partial charge in [0.25, 0.3) is 0 Å². The second-order valence-corrected chi connectivity index (χ2v) is 4.39. The molecule has 2 N–H and O–H groups in total. The number of anilines is 1. The Morgan fingerprint density at radius 3 is 2.89 bits per heavy atom. The van der Waals surface area contributed by atoms with Crippen molar-refractivity contribution in [3.63, 3.8) is 0 Å². The molecule has 1 unspecified atom stereocenters. The molecule has 1 atom stereocenters. The zero-order valence-electron chi connectivity index (χ0n) is 9.37. The van der Waals surface area contributed by atoms with Gasteiger partial charge in [-0.3, -0.25) is 14.9 Å².